The van der Waals surface area contributed by atoms with Gasteiger partial charge in [0, 0.05) is 19.5 Å². The van der Waals surface area contributed by atoms with E-state index in [-0.39, 0.29) is 18.2 Å². The lowest BCUT2D eigenvalue weighted by Crippen LogP contribution is -2.49. The van der Waals surface area contributed by atoms with E-state index in [4.69, 9.17) is 14.2 Å². The summed E-state index contributed by atoms with van der Waals surface area (Å²) in [6, 6.07) is 12.8. The van der Waals surface area contributed by atoms with Crippen molar-refractivity contribution in [1.29, 1.82) is 0 Å². The Balaban J connectivity index is 2.22. The average Bonchev–Trinajstić information content (AvgIpc) is 2.87. The number of amides is 2. The van der Waals surface area contributed by atoms with Gasteiger partial charge in [-0.3, -0.25) is 9.59 Å². The van der Waals surface area contributed by atoms with Gasteiger partial charge in [-0.2, -0.15) is 0 Å². The van der Waals surface area contributed by atoms with E-state index in [0.717, 1.165) is 16.9 Å². The molecule has 7 heteroatoms. The van der Waals surface area contributed by atoms with Gasteiger partial charge in [0.1, 0.15) is 11.8 Å². The minimum atomic E-state index is -0.544. The van der Waals surface area contributed by atoms with E-state index < -0.39 is 6.04 Å². The minimum Gasteiger partial charge on any atom is -0.497 e. The number of ether oxygens (including phenoxy) is 3. The zero-order valence-electron chi connectivity index (χ0n) is 22.6. The van der Waals surface area contributed by atoms with Crippen LogP contribution in [0, 0.1) is 5.92 Å². The molecule has 0 radical (unpaired) electrons. The Bertz CT molecular complexity index is 959. The molecule has 0 aliphatic rings. The van der Waals surface area contributed by atoms with Crippen LogP contribution in [0.25, 0.3) is 0 Å². The molecule has 0 saturated heterocycles. The first-order chi connectivity index (χ1) is 17.3. The molecule has 0 bridgehead atoms. The molecule has 2 aromatic rings. The second-order valence-corrected chi connectivity index (χ2v) is 9.08. The van der Waals surface area contributed by atoms with Crippen LogP contribution in [0.1, 0.15) is 58.6 Å². The van der Waals surface area contributed by atoms with Gasteiger partial charge in [0.25, 0.3) is 0 Å². The number of carbonyl (C=O) groups is 2. The summed E-state index contributed by atoms with van der Waals surface area (Å²) < 4.78 is 16.6. The van der Waals surface area contributed by atoms with Crippen molar-refractivity contribution >= 4 is 11.8 Å². The van der Waals surface area contributed by atoms with Crippen molar-refractivity contribution in [3.8, 4) is 17.2 Å². The van der Waals surface area contributed by atoms with Crippen LogP contribution in [0.15, 0.2) is 42.5 Å². The summed E-state index contributed by atoms with van der Waals surface area (Å²) in [6.45, 7) is 11.9. The van der Waals surface area contributed by atoms with Crippen LogP contribution in [0.4, 0.5) is 0 Å². The van der Waals surface area contributed by atoms with E-state index in [9.17, 15) is 9.59 Å². The predicted molar refractivity (Wildman–Crippen MR) is 143 cm³/mol. The number of rotatable bonds is 15. The molecular weight excluding hydrogens is 456 g/mol. The number of benzene rings is 2. The van der Waals surface area contributed by atoms with Gasteiger partial charge in [-0.05, 0) is 68.0 Å². The quantitative estimate of drug-likeness (QED) is 0.374. The number of nitrogens with one attached hydrogen (secondary N) is 1. The van der Waals surface area contributed by atoms with Gasteiger partial charge in [0.05, 0.1) is 20.3 Å². The molecule has 0 aromatic heterocycles. The van der Waals surface area contributed by atoms with Crippen molar-refractivity contribution in [2.45, 2.75) is 66.5 Å². The SMILES string of the molecule is CCOc1ccc(CCC(=O)N(Cc2ccc(OC)cc2)[C@@H](CC)C(=O)NCC(C)C)cc1OCC. The van der Waals surface area contributed by atoms with Crippen molar-refractivity contribution in [2.75, 3.05) is 26.9 Å². The molecule has 0 unspecified atom stereocenters. The molecule has 2 aromatic carbocycles. The first-order valence-corrected chi connectivity index (χ1v) is 12.9. The third-order valence-corrected chi connectivity index (χ3v) is 5.82. The van der Waals surface area contributed by atoms with Crippen LogP contribution < -0.4 is 19.5 Å². The van der Waals surface area contributed by atoms with Gasteiger partial charge in [-0.15, -0.1) is 0 Å². The first-order valence-electron chi connectivity index (χ1n) is 12.9. The molecule has 0 saturated carbocycles. The molecule has 0 spiro atoms. The molecule has 7 nitrogen and oxygen atoms in total. The molecule has 0 fully saturated rings. The Morgan fingerprint density at radius 3 is 2.14 bits per heavy atom. The molecule has 0 aliphatic carbocycles. The van der Waals surface area contributed by atoms with Crippen molar-refractivity contribution in [3.63, 3.8) is 0 Å². The summed E-state index contributed by atoms with van der Waals surface area (Å²) in [6.07, 6.45) is 1.35. The molecule has 2 rings (SSSR count). The van der Waals surface area contributed by atoms with E-state index in [2.05, 4.69) is 19.2 Å². The third-order valence-electron chi connectivity index (χ3n) is 5.82. The largest absolute Gasteiger partial charge is 0.497 e. The standard InChI is InChI=1S/C29H42N2O5/c1-7-25(29(33)30-19-21(4)5)31(20-23-10-14-24(34-6)15-11-23)28(32)17-13-22-12-16-26(35-8-2)27(18-22)36-9-3/h10-12,14-16,18,21,25H,7-9,13,17,19-20H2,1-6H3,(H,30,33)/t25-/m0/s1. The number of hydrogen-bond donors (Lipinski definition) is 1. The van der Waals surface area contributed by atoms with E-state index in [0.29, 0.717) is 56.6 Å². The highest BCUT2D eigenvalue weighted by Gasteiger charge is 2.28. The highest BCUT2D eigenvalue weighted by molar-refractivity contribution is 5.87. The fourth-order valence-electron chi connectivity index (χ4n) is 3.92. The normalized spacial score (nSPS) is 11.6. The van der Waals surface area contributed by atoms with Crippen molar-refractivity contribution in [1.82, 2.24) is 10.2 Å². The third kappa shape index (κ3) is 8.77. The smallest absolute Gasteiger partial charge is 0.242 e. The van der Waals surface area contributed by atoms with E-state index >= 15 is 0 Å². The Labute approximate surface area is 216 Å². The maximum atomic E-state index is 13.5. The number of hydrogen-bond acceptors (Lipinski definition) is 5. The summed E-state index contributed by atoms with van der Waals surface area (Å²) in [5.41, 5.74) is 1.93. The summed E-state index contributed by atoms with van der Waals surface area (Å²) in [7, 11) is 1.62. The van der Waals surface area contributed by atoms with Crippen LogP contribution in [-0.4, -0.2) is 49.6 Å². The van der Waals surface area contributed by atoms with Gasteiger partial charge in [-0.25, -0.2) is 0 Å². The van der Waals surface area contributed by atoms with E-state index in [1.165, 1.54) is 0 Å². The summed E-state index contributed by atoms with van der Waals surface area (Å²) in [4.78, 5) is 28.3. The van der Waals surface area contributed by atoms with Crippen molar-refractivity contribution < 1.29 is 23.8 Å². The molecular formula is C29H42N2O5. The summed E-state index contributed by atoms with van der Waals surface area (Å²) in [5.74, 6) is 2.27. The highest BCUT2D eigenvalue weighted by Crippen LogP contribution is 2.29. The zero-order valence-corrected chi connectivity index (χ0v) is 22.6. The molecule has 36 heavy (non-hydrogen) atoms. The van der Waals surface area contributed by atoms with Crippen molar-refractivity contribution in [2.24, 2.45) is 5.92 Å². The van der Waals surface area contributed by atoms with Gasteiger partial charge < -0.3 is 24.4 Å². The number of carbonyl (C=O) groups excluding carboxylic acids is 2. The lowest BCUT2D eigenvalue weighted by atomic mass is 10.1. The minimum absolute atomic E-state index is 0.0655. The topological polar surface area (TPSA) is 77.1 Å². The monoisotopic (exact) mass is 498 g/mol. The van der Waals surface area contributed by atoms with Gasteiger partial charge in [0.15, 0.2) is 11.5 Å². The van der Waals surface area contributed by atoms with Crippen molar-refractivity contribution in [3.05, 3.63) is 53.6 Å². The Kier molecular flexibility index (Phi) is 12.1. The van der Waals surface area contributed by atoms with Crippen LogP contribution in [-0.2, 0) is 22.6 Å². The van der Waals surface area contributed by atoms with Gasteiger partial charge in [-0.1, -0.05) is 39.0 Å². The summed E-state index contributed by atoms with van der Waals surface area (Å²) >= 11 is 0. The second kappa shape index (κ2) is 15.0. The number of nitrogens with zero attached hydrogens (tertiary/aromatic N) is 1. The summed E-state index contributed by atoms with van der Waals surface area (Å²) in [5, 5.41) is 3.00. The van der Waals surface area contributed by atoms with Gasteiger partial charge >= 0.3 is 0 Å². The fraction of sp³-hybridized carbons (Fsp3) is 0.517. The number of aryl methyl sites for hydroxylation is 1. The Hall–Kier alpha value is -3.22. The van der Waals surface area contributed by atoms with E-state index in [1.807, 2.05) is 63.2 Å². The maximum absolute atomic E-state index is 13.5. The molecule has 198 valence electrons. The van der Waals surface area contributed by atoms with Gasteiger partial charge in [0.2, 0.25) is 11.8 Å². The molecule has 2 amide bonds. The van der Waals surface area contributed by atoms with Crippen LogP contribution >= 0.6 is 0 Å². The van der Waals surface area contributed by atoms with Crippen LogP contribution in [0.2, 0.25) is 0 Å². The number of methoxy groups -OCH3 is 1. The Morgan fingerprint density at radius 1 is 0.917 bits per heavy atom. The van der Waals surface area contributed by atoms with E-state index in [1.54, 1.807) is 12.0 Å². The average molecular weight is 499 g/mol. The molecule has 1 N–H and O–H groups in total. The first kappa shape index (κ1) is 29.0. The zero-order chi connectivity index (χ0) is 26.5. The second-order valence-electron chi connectivity index (χ2n) is 9.08. The highest BCUT2D eigenvalue weighted by atomic mass is 16.5. The molecule has 0 aliphatic heterocycles. The predicted octanol–water partition coefficient (Wildman–Crippen LogP) is 5.00. The Morgan fingerprint density at radius 2 is 1.56 bits per heavy atom. The lowest BCUT2D eigenvalue weighted by Gasteiger charge is -2.31. The fourth-order valence-corrected chi connectivity index (χ4v) is 3.92. The van der Waals surface area contributed by atoms with Crippen LogP contribution in [0.5, 0.6) is 17.2 Å². The van der Waals surface area contributed by atoms with Crippen LogP contribution in [0.3, 0.4) is 0 Å². The molecule has 0 heterocycles. The lowest BCUT2D eigenvalue weighted by molar-refractivity contribution is -0.141. The maximum Gasteiger partial charge on any atom is 0.242 e. The molecule has 1 atom stereocenters.